The Balaban J connectivity index is 1.48. The fourth-order valence-electron chi connectivity index (χ4n) is 3.46. The Morgan fingerprint density at radius 1 is 1.15 bits per heavy atom. The average molecular weight is 373 g/mol. The molecule has 1 aromatic rings. The first kappa shape index (κ1) is 18.9. The largest absolute Gasteiger partial charge is 0.453 e. The maximum Gasteiger partial charge on any atom is 0.409 e. The zero-order valence-electron chi connectivity index (χ0n) is 15.5. The predicted octanol–water partition coefficient (Wildman–Crippen LogP) is 1.33. The van der Waals surface area contributed by atoms with E-state index in [-0.39, 0.29) is 42.8 Å². The van der Waals surface area contributed by atoms with Gasteiger partial charge in [-0.1, -0.05) is 11.6 Å². The van der Waals surface area contributed by atoms with Gasteiger partial charge in [-0.15, -0.1) is 0 Å². The molecule has 8 heteroatoms. The molecule has 2 aliphatic rings. The molecule has 0 aromatic heterocycles. The number of carbonyl (C=O) groups is 4. The van der Waals surface area contributed by atoms with Crippen molar-refractivity contribution >= 4 is 23.8 Å². The highest BCUT2D eigenvalue weighted by Crippen LogP contribution is 2.24. The van der Waals surface area contributed by atoms with Crippen LogP contribution >= 0.6 is 0 Å². The van der Waals surface area contributed by atoms with E-state index in [1.54, 1.807) is 23.1 Å². The number of hydrogen-bond acceptors (Lipinski definition) is 5. The van der Waals surface area contributed by atoms with Crippen molar-refractivity contribution in [2.75, 3.05) is 26.7 Å². The summed E-state index contributed by atoms with van der Waals surface area (Å²) in [5.41, 5.74) is 1.70. The number of carbonyl (C=O) groups excluding carboxylic acids is 4. The Hall–Kier alpha value is -2.90. The van der Waals surface area contributed by atoms with E-state index in [4.69, 9.17) is 0 Å². The van der Waals surface area contributed by atoms with E-state index in [2.05, 4.69) is 10.1 Å². The van der Waals surface area contributed by atoms with E-state index < -0.39 is 0 Å². The van der Waals surface area contributed by atoms with Gasteiger partial charge in [0, 0.05) is 32.1 Å². The fourth-order valence-corrected chi connectivity index (χ4v) is 3.46. The number of hydrogen-bond donors (Lipinski definition) is 1. The molecule has 27 heavy (non-hydrogen) atoms. The quantitative estimate of drug-likeness (QED) is 0.803. The first-order chi connectivity index (χ1) is 12.9. The van der Waals surface area contributed by atoms with Crippen LogP contribution in [0.1, 0.15) is 45.5 Å². The number of fused-ring (bicyclic) bond motifs is 1. The molecule has 0 bridgehead atoms. The van der Waals surface area contributed by atoms with E-state index >= 15 is 0 Å². The molecule has 0 spiro atoms. The van der Waals surface area contributed by atoms with Crippen LogP contribution in [0.3, 0.4) is 0 Å². The molecular formula is C19H23N3O5. The molecule has 144 valence electrons. The zero-order valence-corrected chi connectivity index (χ0v) is 15.5. The molecule has 1 N–H and O–H groups in total. The van der Waals surface area contributed by atoms with Gasteiger partial charge in [0.25, 0.3) is 11.8 Å². The number of benzene rings is 1. The molecule has 1 saturated heterocycles. The molecule has 3 rings (SSSR count). The number of amides is 4. The summed E-state index contributed by atoms with van der Waals surface area (Å²) in [6.45, 7) is 2.96. The number of aryl methyl sites for hydroxylation is 1. The van der Waals surface area contributed by atoms with Gasteiger partial charge in [0.1, 0.15) is 0 Å². The summed E-state index contributed by atoms with van der Waals surface area (Å²) in [6, 6.07) is 5.12. The Morgan fingerprint density at radius 3 is 2.48 bits per heavy atom. The maximum atomic E-state index is 12.4. The number of ether oxygens (including phenoxy) is 1. The Morgan fingerprint density at radius 2 is 1.81 bits per heavy atom. The Labute approximate surface area is 157 Å². The molecule has 0 unspecified atom stereocenters. The van der Waals surface area contributed by atoms with Gasteiger partial charge in [0.15, 0.2) is 0 Å². The summed E-state index contributed by atoms with van der Waals surface area (Å²) in [5.74, 6) is -0.911. The van der Waals surface area contributed by atoms with Gasteiger partial charge in [0.05, 0.1) is 18.2 Å². The van der Waals surface area contributed by atoms with Crippen molar-refractivity contribution in [3.8, 4) is 0 Å². The van der Waals surface area contributed by atoms with Crippen molar-refractivity contribution < 1.29 is 23.9 Å². The first-order valence-corrected chi connectivity index (χ1v) is 9.00. The van der Waals surface area contributed by atoms with Crippen LogP contribution in [0.2, 0.25) is 0 Å². The molecule has 1 aromatic carbocycles. The van der Waals surface area contributed by atoms with Gasteiger partial charge in [0.2, 0.25) is 5.91 Å². The third kappa shape index (κ3) is 3.94. The minimum absolute atomic E-state index is 0.0248. The predicted molar refractivity (Wildman–Crippen MR) is 96.3 cm³/mol. The van der Waals surface area contributed by atoms with E-state index in [0.717, 1.165) is 10.5 Å². The number of nitrogens with one attached hydrogen (secondary N) is 1. The van der Waals surface area contributed by atoms with Crippen LogP contribution < -0.4 is 5.32 Å². The third-order valence-electron chi connectivity index (χ3n) is 4.98. The van der Waals surface area contributed by atoms with Crippen LogP contribution in [-0.4, -0.2) is 66.4 Å². The highest BCUT2D eigenvalue weighted by atomic mass is 16.5. The van der Waals surface area contributed by atoms with Crippen molar-refractivity contribution in [3.63, 3.8) is 0 Å². The van der Waals surface area contributed by atoms with Crippen LogP contribution in [-0.2, 0) is 9.53 Å². The number of likely N-dealkylation sites (tertiary alicyclic amines) is 1. The van der Waals surface area contributed by atoms with Crippen molar-refractivity contribution in [2.45, 2.75) is 32.2 Å². The molecular weight excluding hydrogens is 350 g/mol. The minimum atomic E-state index is -0.361. The highest BCUT2D eigenvalue weighted by Gasteiger charge is 2.35. The molecule has 1 fully saturated rings. The van der Waals surface area contributed by atoms with Crippen molar-refractivity contribution in [3.05, 3.63) is 34.9 Å². The minimum Gasteiger partial charge on any atom is -0.453 e. The molecule has 2 heterocycles. The number of nitrogens with zero attached hydrogens (tertiary/aromatic N) is 2. The van der Waals surface area contributed by atoms with E-state index in [1.165, 1.54) is 7.11 Å². The average Bonchev–Trinajstić information content (AvgIpc) is 2.90. The molecule has 4 amide bonds. The number of rotatable bonds is 4. The summed E-state index contributed by atoms with van der Waals surface area (Å²) in [7, 11) is 1.34. The SMILES string of the molecule is COC(=O)N1CCC(NC(=O)CCN2C(=O)c3ccc(C)cc3C2=O)CC1. The zero-order chi connectivity index (χ0) is 19.6. The lowest BCUT2D eigenvalue weighted by atomic mass is 10.1. The van der Waals surface area contributed by atoms with Gasteiger partial charge in [-0.25, -0.2) is 4.79 Å². The standard InChI is InChI=1S/C19H23N3O5/c1-12-3-4-14-15(11-12)18(25)22(17(14)24)10-7-16(23)20-13-5-8-21(9-6-13)19(26)27-2/h3-4,11,13H,5-10H2,1-2H3,(H,20,23). The molecule has 2 aliphatic heterocycles. The van der Waals surface area contributed by atoms with Crippen molar-refractivity contribution in [1.29, 1.82) is 0 Å². The van der Waals surface area contributed by atoms with Crippen LogP contribution in [0, 0.1) is 6.92 Å². The normalized spacial score (nSPS) is 17.1. The topological polar surface area (TPSA) is 96.0 Å². The monoisotopic (exact) mass is 373 g/mol. The van der Waals surface area contributed by atoms with Crippen molar-refractivity contribution in [2.24, 2.45) is 0 Å². The summed E-state index contributed by atoms with van der Waals surface area (Å²) in [4.78, 5) is 51.2. The molecule has 0 atom stereocenters. The number of imide groups is 1. The van der Waals surface area contributed by atoms with E-state index in [0.29, 0.717) is 37.1 Å². The van der Waals surface area contributed by atoms with Gasteiger partial charge in [-0.3, -0.25) is 19.3 Å². The van der Waals surface area contributed by atoms with E-state index in [9.17, 15) is 19.2 Å². The molecule has 0 aliphatic carbocycles. The second kappa shape index (κ2) is 7.77. The smallest absolute Gasteiger partial charge is 0.409 e. The van der Waals surface area contributed by atoms with Gasteiger partial charge in [-0.2, -0.15) is 0 Å². The summed E-state index contributed by atoms with van der Waals surface area (Å²) < 4.78 is 4.69. The van der Waals surface area contributed by atoms with Crippen LogP contribution in [0.4, 0.5) is 4.79 Å². The van der Waals surface area contributed by atoms with E-state index in [1.807, 2.05) is 6.92 Å². The Kier molecular flexibility index (Phi) is 5.43. The second-order valence-electron chi connectivity index (χ2n) is 6.86. The number of methoxy groups -OCH3 is 1. The lowest BCUT2D eigenvalue weighted by molar-refractivity contribution is -0.122. The fraction of sp³-hybridized carbons (Fsp3) is 0.474. The van der Waals surface area contributed by atoms with Gasteiger partial charge < -0.3 is 15.0 Å². The highest BCUT2D eigenvalue weighted by molar-refractivity contribution is 6.21. The third-order valence-corrected chi connectivity index (χ3v) is 4.98. The summed E-state index contributed by atoms with van der Waals surface area (Å²) >= 11 is 0. The van der Waals surface area contributed by atoms with Crippen LogP contribution in [0.5, 0.6) is 0 Å². The lowest BCUT2D eigenvalue weighted by Gasteiger charge is -2.31. The summed E-state index contributed by atoms with van der Waals surface area (Å²) in [5, 5.41) is 2.91. The maximum absolute atomic E-state index is 12.4. The Bertz CT molecular complexity index is 784. The second-order valence-corrected chi connectivity index (χ2v) is 6.86. The molecule has 0 saturated carbocycles. The molecule has 0 radical (unpaired) electrons. The van der Waals surface area contributed by atoms with Crippen molar-refractivity contribution in [1.82, 2.24) is 15.1 Å². The first-order valence-electron chi connectivity index (χ1n) is 9.00. The van der Waals surface area contributed by atoms with Gasteiger partial charge >= 0.3 is 6.09 Å². The van der Waals surface area contributed by atoms with Crippen LogP contribution in [0.25, 0.3) is 0 Å². The van der Waals surface area contributed by atoms with Crippen LogP contribution in [0.15, 0.2) is 18.2 Å². The lowest BCUT2D eigenvalue weighted by Crippen LogP contribution is -2.47. The van der Waals surface area contributed by atoms with Gasteiger partial charge in [-0.05, 0) is 31.9 Å². The number of piperidine rings is 1. The molecule has 8 nitrogen and oxygen atoms in total. The summed E-state index contributed by atoms with van der Waals surface area (Å²) in [6.07, 6.45) is 0.989.